The van der Waals surface area contributed by atoms with Gasteiger partial charge in [-0.1, -0.05) is 26.0 Å². The van der Waals surface area contributed by atoms with Gasteiger partial charge < -0.3 is 10.2 Å². The molecule has 1 aliphatic rings. The van der Waals surface area contributed by atoms with Crippen molar-refractivity contribution in [2.45, 2.75) is 51.9 Å². The minimum Gasteiger partial charge on any atom is -0.342 e. The number of nitrogens with one attached hydrogen (secondary N) is 1. The summed E-state index contributed by atoms with van der Waals surface area (Å²) in [4.78, 5) is 13.7. The molecule has 0 bridgehead atoms. The summed E-state index contributed by atoms with van der Waals surface area (Å²) in [5, 5.41) is 3.50. The maximum Gasteiger partial charge on any atom is 0.416 e. The van der Waals surface area contributed by atoms with E-state index in [0.29, 0.717) is 12.3 Å². The standard InChI is InChI=1S/C18H25F3N2O/c1-4-17(24)23-10-9-16(12(2)11-23)22-13(3)14-5-7-15(8-6-14)18(19,20)21/h5-8,12-13,16,22H,4,9-11H2,1-3H3/t12-,13-,16-/m0/s1. The van der Waals surface area contributed by atoms with E-state index in [1.54, 1.807) is 0 Å². The van der Waals surface area contributed by atoms with Crippen LogP contribution in [0.25, 0.3) is 0 Å². The molecule has 1 aliphatic heterocycles. The number of hydrogen-bond donors (Lipinski definition) is 1. The van der Waals surface area contributed by atoms with Crippen LogP contribution in [0.15, 0.2) is 24.3 Å². The van der Waals surface area contributed by atoms with E-state index >= 15 is 0 Å². The lowest BCUT2D eigenvalue weighted by Crippen LogP contribution is -2.50. The van der Waals surface area contributed by atoms with Crippen LogP contribution in [0.1, 0.15) is 50.8 Å². The Labute approximate surface area is 141 Å². The summed E-state index contributed by atoms with van der Waals surface area (Å²) >= 11 is 0. The van der Waals surface area contributed by atoms with Gasteiger partial charge in [0.15, 0.2) is 0 Å². The van der Waals surface area contributed by atoms with E-state index in [-0.39, 0.29) is 18.0 Å². The number of piperidine rings is 1. The average molecular weight is 342 g/mol. The van der Waals surface area contributed by atoms with Gasteiger partial charge >= 0.3 is 6.18 Å². The first-order valence-electron chi connectivity index (χ1n) is 8.43. The number of amides is 1. The molecule has 24 heavy (non-hydrogen) atoms. The van der Waals surface area contributed by atoms with E-state index in [0.717, 1.165) is 37.2 Å². The molecule has 2 rings (SSSR count). The lowest BCUT2D eigenvalue weighted by atomic mass is 9.92. The number of carbonyl (C=O) groups is 1. The van der Waals surface area contributed by atoms with Crippen LogP contribution < -0.4 is 5.32 Å². The van der Waals surface area contributed by atoms with Crippen molar-refractivity contribution < 1.29 is 18.0 Å². The van der Waals surface area contributed by atoms with Crippen molar-refractivity contribution in [1.82, 2.24) is 10.2 Å². The molecule has 0 saturated carbocycles. The third-order valence-electron chi connectivity index (χ3n) is 4.76. The molecule has 1 N–H and O–H groups in total. The highest BCUT2D eigenvalue weighted by Crippen LogP contribution is 2.30. The second kappa shape index (κ2) is 7.55. The van der Waals surface area contributed by atoms with E-state index in [2.05, 4.69) is 12.2 Å². The minimum atomic E-state index is -4.30. The van der Waals surface area contributed by atoms with Gasteiger partial charge in [-0.3, -0.25) is 4.79 Å². The van der Waals surface area contributed by atoms with Crippen LogP contribution in [0.5, 0.6) is 0 Å². The number of carbonyl (C=O) groups excluding carboxylic acids is 1. The van der Waals surface area contributed by atoms with Crippen LogP contribution in [0.3, 0.4) is 0 Å². The van der Waals surface area contributed by atoms with Gasteiger partial charge in [-0.2, -0.15) is 13.2 Å². The maximum atomic E-state index is 12.6. The predicted octanol–water partition coefficient (Wildman–Crippen LogP) is 4.00. The Bertz CT molecular complexity index is 556. The molecule has 1 amide bonds. The zero-order chi connectivity index (χ0) is 17.9. The van der Waals surface area contributed by atoms with Gasteiger partial charge in [-0.15, -0.1) is 0 Å². The Balaban J connectivity index is 1.95. The average Bonchev–Trinajstić information content (AvgIpc) is 2.55. The highest BCUT2D eigenvalue weighted by molar-refractivity contribution is 5.75. The molecular weight excluding hydrogens is 317 g/mol. The number of hydrogen-bond acceptors (Lipinski definition) is 2. The van der Waals surface area contributed by atoms with Crippen molar-refractivity contribution in [3.63, 3.8) is 0 Å². The third-order valence-corrected chi connectivity index (χ3v) is 4.76. The molecule has 1 fully saturated rings. The lowest BCUT2D eigenvalue weighted by molar-refractivity contribution is -0.137. The second-order valence-electron chi connectivity index (χ2n) is 6.57. The van der Waals surface area contributed by atoms with Crippen LogP contribution in [-0.4, -0.2) is 29.9 Å². The Kier molecular flexibility index (Phi) is 5.91. The topological polar surface area (TPSA) is 32.3 Å². The lowest BCUT2D eigenvalue weighted by Gasteiger charge is -2.38. The number of nitrogens with zero attached hydrogens (tertiary/aromatic N) is 1. The molecule has 3 nitrogen and oxygen atoms in total. The van der Waals surface area contributed by atoms with Crippen LogP contribution >= 0.6 is 0 Å². The van der Waals surface area contributed by atoms with E-state index in [9.17, 15) is 18.0 Å². The van der Waals surface area contributed by atoms with Gasteiger partial charge in [0, 0.05) is 31.6 Å². The Morgan fingerprint density at radius 2 is 1.96 bits per heavy atom. The van der Waals surface area contributed by atoms with Crippen molar-refractivity contribution >= 4 is 5.91 Å². The first kappa shape index (κ1) is 18.8. The number of alkyl halides is 3. The molecule has 1 aromatic rings. The summed E-state index contributed by atoms with van der Waals surface area (Å²) in [6.45, 7) is 7.38. The highest BCUT2D eigenvalue weighted by Gasteiger charge is 2.31. The van der Waals surface area contributed by atoms with Gasteiger partial charge in [0.05, 0.1) is 5.56 Å². The van der Waals surface area contributed by atoms with Gasteiger partial charge in [0.25, 0.3) is 0 Å². The largest absolute Gasteiger partial charge is 0.416 e. The third kappa shape index (κ3) is 4.50. The summed E-state index contributed by atoms with van der Waals surface area (Å²) < 4.78 is 37.9. The zero-order valence-corrected chi connectivity index (χ0v) is 14.4. The molecule has 0 aromatic heterocycles. The van der Waals surface area contributed by atoms with Crippen LogP contribution in [0, 0.1) is 5.92 Å². The van der Waals surface area contributed by atoms with Crippen molar-refractivity contribution in [1.29, 1.82) is 0 Å². The minimum absolute atomic E-state index is 0.0341. The molecule has 0 unspecified atom stereocenters. The normalized spacial score (nSPS) is 23.2. The van der Waals surface area contributed by atoms with Gasteiger partial charge in [-0.25, -0.2) is 0 Å². The monoisotopic (exact) mass is 342 g/mol. The van der Waals surface area contributed by atoms with E-state index in [1.807, 2.05) is 18.7 Å². The van der Waals surface area contributed by atoms with Crippen LogP contribution in [0.2, 0.25) is 0 Å². The Hall–Kier alpha value is -1.56. The van der Waals surface area contributed by atoms with Crippen LogP contribution in [-0.2, 0) is 11.0 Å². The summed E-state index contributed by atoms with van der Waals surface area (Å²) in [5.41, 5.74) is 0.209. The van der Waals surface area contributed by atoms with Crippen LogP contribution in [0.4, 0.5) is 13.2 Å². The van der Waals surface area contributed by atoms with E-state index < -0.39 is 11.7 Å². The number of likely N-dealkylation sites (tertiary alicyclic amines) is 1. The number of benzene rings is 1. The zero-order valence-electron chi connectivity index (χ0n) is 14.4. The molecule has 134 valence electrons. The van der Waals surface area contributed by atoms with Crippen molar-refractivity contribution in [2.75, 3.05) is 13.1 Å². The molecular formula is C18H25F3N2O. The Morgan fingerprint density at radius 1 is 1.33 bits per heavy atom. The van der Waals surface area contributed by atoms with Crippen molar-refractivity contribution in [2.24, 2.45) is 5.92 Å². The first-order valence-corrected chi connectivity index (χ1v) is 8.43. The first-order chi connectivity index (χ1) is 11.2. The molecule has 6 heteroatoms. The molecule has 0 spiro atoms. The summed E-state index contributed by atoms with van der Waals surface area (Å²) in [6.07, 6.45) is -2.92. The second-order valence-corrected chi connectivity index (χ2v) is 6.57. The quantitative estimate of drug-likeness (QED) is 0.897. The van der Waals surface area contributed by atoms with E-state index in [1.165, 1.54) is 12.1 Å². The summed E-state index contributed by atoms with van der Waals surface area (Å²) in [5.74, 6) is 0.488. The SMILES string of the molecule is CCC(=O)N1CC[C@H](N[C@@H](C)c2ccc(C(F)(F)F)cc2)[C@@H](C)C1. The fourth-order valence-electron chi connectivity index (χ4n) is 3.22. The van der Waals surface area contributed by atoms with Crippen molar-refractivity contribution in [3.05, 3.63) is 35.4 Å². The number of rotatable bonds is 4. The highest BCUT2D eigenvalue weighted by atomic mass is 19.4. The van der Waals surface area contributed by atoms with E-state index in [4.69, 9.17) is 0 Å². The molecule has 1 heterocycles. The molecule has 1 saturated heterocycles. The van der Waals surface area contributed by atoms with Crippen molar-refractivity contribution in [3.8, 4) is 0 Å². The summed E-state index contributed by atoms with van der Waals surface area (Å²) in [7, 11) is 0. The molecule has 0 radical (unpaired) electrons. The van der Waals surface area contributed by atoms with Gasteiger partial charge in [0.1, 0.15) is 0 Å². The van der Waals surface area contributed by atoms with Gasteiger partial charge in [0.2, 0.25) is 5.91 Å². The predicted molar refractivity (Wildman–Crippen MR) is 87.4 cm³/mol. The maximum absolute atomic E-state index is 12.6. The summed E-state index contributed by atoms with van der Waals surface area (Å²) in [6, 6.07) is 5.53. The molecule has 3 atom stereocenters. The molecule has 1 aromatic carbocycles. The fourth-order valence-corrected chi connectivity index (χ4v) is 3.22. The fraction of sp³-hybridized carbons (Fsp3) is 0.611. The smallest absolute Gasteiger partial charge is 0.342 e. The molecule has 0 aliphatic carbocycles. The number of halogens is 3. The van der Waals surface area contributed by atoms with Gasteiger partial charge in [-0.05, 0) is 37.0 Å². The Morgan fingerprint density at radius 3 is 2.46 bits per heavy atom.